The fourth-order valence-corrected chi connectivity index (χ4v) is 4.54. The Morgan fingerprint density at radius 3 is 2.22 bits per heavy atom. The standard InChI is InChI=1S/C29H32BrClN2O3/c1-19(2)32-29(35)26(16-22-9-6-5-7-10-22)33(17-23-11-8-12-24(30)15-23)27(34)18-36-25-13-20(3)28(31)21(4)14-25/h5-15,19,26H,16-18H2,1-4H3,(H,32,35)/t26-/m0/s1. The molecule has 3 rings (SSSR count). The molecule has 0 aliphatic carbocycles. The monoisotopic (exact) mass is 570 g/mol. The fourth-order valence-electron chi connectivity index (χ4n) is 3.98. The van der Waals surface area contributed by atoms with E-state index in [1.807, 2.05) is 94.4 Å². The van der Waals surface area contributed by atoms with Crippen LogP contribution in [0, 0.1) is 13.8 Å². The van der Waals surface area contributed by atoms with Crippen molar-refractivity contribution in [2.45, 2.75) is 52.7 Å². The summed E-state index contributed by atoms with van der Waals surface area (Å²) in [5, 5.41) is 3.67. The van der Waals surface area contributed by atoms with Crippen LogP contribution in [0.3, 0.4) is 0 Å². The fraction of sp³-hybridized carbons (Fsp3) is 0.310. The normalized spacial score (nSPS) is 11.8. The number of hydrogen-bond acceptors (Lipinski definition) is 3. The van der Waals surface area contributed by atoms with Crippen LogP contribution in [0.4, 0.5) is 0 Å². The molecule has 190 valence electrons. The highest BCUT2D eigenvalue weighted by molar-refractivity contribution is 9.10. The number of benzene rings is 3. The van der Waals surface area contributed by atoms with Gasteiger partial charge in [0, 0.05) is 28.5 Å². The molecule has 0 fully saturated rings. The zero-order valence-electron chi connectivity index (χ0n) is 21.1. The second-order valence-corrected chi connectivity index (χ2v) is 10.5. The minimum Gasteiger partial charge on any atom is -0.484 e. The average Bonchev–Trinajstić information content (AvgIpc) is 2.83. The summed E-state index contributed by atoms with van der Waals surface area (Å²) in [6, 6.07) is 20.3. The van der Waals surface area contributed by atoms with E-state index in [1.165, 1.54) is 0 Å². The molecule has 0 aliphatic rings. The summed E-state index contributed by atoms with van der Waals surface area (Å²) >= 11 is 9.79. The minimum absolute atomic E-state index is 0.0603. The summed E-state index contributed by atoms with van der Waals surface area (Å²) in [6.07, 6.45) is 0.387. The van der Waals surface area contributed by atoms with Crippen LogP contribution < -0.4 is 10.1 Å². The number of halogens is 2. The number of aryl methyl sites for hydroxylation is 2. The van der Waals surface area contributed by atoms with Crippen LogP contribution in [0.2, 0.25) is 5.02 Å². The number of nitrogens with zero attached hydrogens (tertiary/aromatic N) is 1. The molecule has 0 heterocycles. The van der Waals surface area contributed by atoms with Gasteiger partial charge < -0.3 is 15.0 Å². The van der Waals surface area contributed by atoms with E-state index in [9.17, 15) is 9.59 Å². The topological polar surface area (TPSA) is 58.6 Å². The van der Waals surface area contributed by atoms with Gasteiger partial charge in [0.25, 0.3) is 5.91 Å². The molecule has 1 atom stereocenters. The van der Waals surface area contributed by atoms with E-state index in [0.717, 1.165) is 26.7 Å². The molecule has 0 saturated carbocycles. The van der Waals surface area contributed by atoms with Crippen molar-refractivity contribution in [3.8, 4) is 5.75 Å². The lowest BCUT2D eigenvalue weighted by atomic mass is 10.0. The number of carbonyl (C=O) groups is 2. The van der Waals surface area contributed by atoms with Crippen molar-refractivity contribution in [2.24, 2.45) is 0 Å². The van der Waals surface area contributed by atoms with E-state index in [1.54, 1.807) is 4.90 Å². The molecule has 3 aromatic carbocycles. The average molecular weight is 572 g/mol. The van der Waals surface area contributed by atoms with Crippen molar-refractivity contribution >= 4 is 39.3 Å². The van der Waals surface area contributed by atoms with Gasteiger partial charge in [-0.25, -0.2) is 0 Å². The second kappa shape index (κ2) is 12.9. The zero-order valence-corrected chi connectivity index (χ0v) is 23.4. The first-order valence-corrected chi connectivity index (χ1v) is 13.1. The van der Waals surface area contributed by atoms with Gasteiger partial charge in [-0.1, -0.05) is 70.0 Å². The Hall–Kier alpha value is -2.83. The maximum Gasteiger partial charge on any atom is 0.261 e. The third-order valence-electron chi connectivity index (χ3n) is 5.72. The Morgan fingerprint density at radius 1 is 0.972 bits per heavy atom. The van der Waals surface area contributed by atoms with E-state index >= 15 is 0 Å². The molecule has 0 aromatic heterocycles. The Kier molecular flexibility index (Phi) is 9.97. The molecule has 36 heavy (non-hydrogen) atoms. The molecule has 0 radical (unpaired) electrons. The molecule has 0 bridgehead atoms. The lowest BCUT2D eigenvalue weighted by molar-refractivity contribution is -0.143. The third kappa shape index (κ3) is 7.84. The van der Waals surface area contributed by atoms with Crippen LogP contribution in [-0.2, 0) is 22.6 Å². The van der Waals surface area contributed by atoms with Crippen LogP contribution in [0.15, 0.2) is 71.2 Å². The van der Waals surface area contributed by atoms with Gasteiger partial charge in [0.15, 0.2) is 6.61 Å². The maximum atomic E-state index is 13.6. The van der Waals surface area contributed by atoms with Crippen LogP contribution in [-0.4, -0.2) is 35.4 Å². The lowest BCUT2D eigenvalue weighted by Gasteiger charge is -2.32. The molecule has 2 amide bonds. The Labute approximate surface area is 226 Å². The zero-order chi connectivity index (χ0) is 26.2. The first-order chi connectivity index (χ1) is 17.1. The molecule has 0 saturated heterocycles. The van der Waals surface area contributed by atoms with Crippen molar-refractivity contribution in [2.75, 3.05) is 6.61 Å². The van der Waals surface area contributed by atoms with Crippen LogP contribution in [0.1, 0.15) is 36.1 Å². The summed E-state index contributed by atoms with van der Waals surface area (Å²) in [4.78, 5) is 28.7. The van der Waals surface area contributed by atoms with Gasteiger partial charge in [-0.15, -0.1) is 0 Å². The number of nitrogens with one attached hydrogen (secondary N) is 1. The molecule has 0 unspecified atom stereocenters. The van der Waals surface area contributed by atoms with Crippen molar-refractivity contribution in [3.05, 3.63) is 98.5 Å². The van der Waals surface area contributed by atoms with Crippen LogP contribution >= 0.6 is 27.5 Å². The van der Waals surface area contributed by atoms with Gasteiger partial charge in [0.1, 0.15) is 11.8 Å². The van der Waals surface area contributed by atoms with Crippen molar-refractivity contribution in [1.29, 1.82) is 0 Å². The van der Waals surface area contributed by atoms with Gasteiger partial charge in [0.2, 0.25) is 5.91 Å². The molecule has 5 nitrogen and oxygen atoms in total. The predicted octanol–water partition coefficient (Wildman–Crippen LogP) is 6.26. The maximum absolute atomic E-state index is 13.6. The van der Waals surface area contributed by atoms with E-state index in [4.69, 9.17) is 16.3 Å². The van der Waals surface area contributed by atoms with E-state index in [-0.39, 0.29) is 31.0 Å². The minimum atomic E-state index is -0.710. The first-order valence-electron chi connectivity index (χ1n) is 11.9. The van der Waals surface area contributed by atoms with Gasteiger partial charge in [-0.05, 0) is 74.2 Å². The highest BCUT2D eigenvalue weighted by Crippen LogP contribution is 2.26. The van der Waals surface area contributed by atoms with Crippen molar-refractivity contribution < 1.29 is 14.3 Å². The van der Waals surface area contributed by atoms with E-state index in [2.05, 4.69) is 21.2 Å². The van der Waals surface area contributed by atoms with Gasteiger partial charge in [-0.2, -0.15) is 0 Å². The van der Waals surface area contributed by atoms with Gasteiger partial charge in [0.05, 0.1) is 0 Å². The summed E-state index contributed by atoms with van der Waals surface area (Å²) in [6.45, 7) is 7.68. The highest BCUT2D eigenvalue weighted by atomic mass is 79.9. The molecular weight excluding hydrogens is 540 g/mol. The van der Waals surface area contributed by atoms with Crippen molar-refractivity contribution in [3.63, 3.8) is 0 Å². The molecule has 0 spiro atoms. The summed E-state index contributed by atoms with van der Waals surface area (Å²) in [7, 11) is 0. The summed E-state index contributed by atoms with van der Waals surface area (Å²) < 4.78 is 6.80. The first kappa shape index (κ1) is 27.8. The highest BCUT2D eigenvalue weighted by Gasteiger charge is 2.31. The number of hydrogen-bond donors (Lipinski definition) is 1. The third-order valence-corrected chi connectivity index (χ3v) is 6.81. The van der Waals surface area contributed by atoms with E-state index in [0.29, 0.717) is 17.2 Å². The number of amides is 2. The Bertz CT molecular complexity index is 1180. The van der Waals surface area contributed by atoms with Gasteiger partial charge >= 0.3 is 0 Å². The van der Waals surface area contributed by atoms with Crippen LogP contribution in [0.25, 0.3) is 0 Å². The molecular formula is C29H32BrClN2O3. The smallest absolute Gasteiger partial charge is 0.261 e. The number of carbonyl (C=O) groups excluding carboxylic acids is 2. The molecule has 1 N–H and O–H groups in total. The molecule has 3 aromatic rings. The van der Waals surface area contributed by atoms with Gasteiger partial charge in [-0.3, -0.25) is 9.59 Å². The largest absolute Gasteiger partial charge is 0.484 e. The van der Waals surface area contributed by atoms with E-state index < -0.39 is 6.04 Å². The van der Waals surface area contributed by atoms with Crippen LogP contribution in [0.5, 0.6) is 5.75 Å². The Balaban J connectivity index is 1.92. The molecule has 7 heteroatoms. The Morgan fingerprint density at radius 2 is 1.61 bits per heavy atom. The number of ether oxygens (including phenoxy) is 1. The molecule has 0 aliphatic heterocycles. The predicted molar refractivity (Wildman–Crippen MR) is 148 cm³/mol. The quantitative estimate of drug-likeness (QED) is 0.312. The summed E-state index contributed by atoms with van der Waals surface area (Å²) in [5.74, 6) is 0.0897. The van der Waals surface area contributed by atoms with Crippen molar-refractivity contribution in [1.82, 2.24) is 10.2 Å². The SMILES string of the molecule is Cc1cc(OCC(=O)N(Cc2cccc(Br)c2)[C@@H](Cc2ccccc2)C(=O)NC(C)C)cc(C)c1Cl. The second-order valence-electron chi connectivity index (χ2n) is 9.18. The lowest BCUT2D eigenvalue weighted by Crippen LogP contribution is -2.52. The summed E-state index contributed by atoms with van der Waals surface area (Å²) in [5.41, 5.74) is 3.64. The number of rotatable bonds is 10.